The van der Waals surface area contributed by atoms with Gasteiger partial charge in [-0.3, -0.25) is 0 Å². The molecule has 0 N–H and O–H groups in total. The Bertz CT molecular complexity index is 272. The van der Waals surface area contributed by atoms with E-state index in [0.717, 1.165) is 0 Å². The minimum Gasteiger partial charge on any atom is -0.208 e. The van der Waals surface area contributed by atoms with E-state index in [2.05, 4.69) is 51.6 Å². The van der Waals surface area contributed by atoms with Gasteiger partial charge in [-0.25, -0.2) is 15.0 Å². The molecule has 3 nitrogen and oxygen atoms in total. The zero-order valence-corrected chi connectivity index (χ0v) is 8.25. The largest absolute Gasteiger partial charge is 0.208 e. The number of hydrogen-bond donors (Lipinski definition) is 0. The van der Waals surface area contributed by atoms with Crippen molar-refractivity contribution in [3.8, 4) is 0 Å². The van der Waals surface area contributed by atoms with E-state index >= 15 is 0 Å². The summed E-state index contributed by atoms with van der Waals surface area (Å²) in [4.78, 5) is 11.7. The third kappa shape index (κ3) is 2.13. The van der Waals surface area contributed by atoms with Crippen LogP contribution in [0.4, 0.5) is 0 Å². The predicted molar refractivity (Wildman–Crippen MR) is 58.1 cm³/mol. The average Bonchev–Trinajstić information content (AvgIpc) is 2.16. The molecule has 1 aromatic heterocycles. The van der Waals surface area contributed by atoms with Crippen molar-refractivity contribution in [2.24, 2.45) is 0 Å². The van der Waals surface area contributed by atoms with E-state index in [-0.39, 0.29) is 0 Å². The molecule has 0 aliphatic carbocycles. The second-order valence-electron chi connectivity index (χ2n) is 1.76. The van der Waals surface area contributed by atoms with Crippen LogP contribution >= 0.6 is 36.7 Å². The lowest BCUT2D eigenvalue weighted by atomic mass is 10.5. The quantitative estimate of drug-likeness (QED) is 0.695. The van der Waals surface area contributed by atoms with Gasteiger partial charge in [0.1, 0.15) is 0 Å². The third-order valence-electron chi connectivity index (χ3n) is 1.00. The normalized spacial score (nSPS) is 9.00. The van der Waals surface area contributed by atoms with E-state index < -0.39 is 0 Å². The first-order valence-electron chi connectivity index (χ1n) is 2.91. The van der Waals surface area contributed by atoms with Gasteiger partial charge in [-0.1, -0.05) is 36.7 Å². The lowest BCUT2D eigenvalue weighted by Gasteiger charge is -1.95. The fraction of sp³-hybridized carbons (Fsp3) is 0. The van der Waals surface area contributed by atoms with E-state index in [0.29, 0.717) is 17.5 Å². The average molecular weight is 213 g/mol. The highest BCUT2D eigenvalue weighted by atomic mass is 32.1. The predicted octanol–water partition coefficient (Wildman–Crippen LogP) is 0.915. The Morgan fingerprint density at radius 3 is 1.08 bits per heavy atom. The molecule has 0 bridgehead atoms. The Morgan fingerprint density at radius 2 is 0.917 bits per heavy atom. The fourth-order valence-electron chi connectivity index (χ4n) is 0.585. The summed E-state index contributed by atoms with van der Waals surface area (Å²) in [6.45, 7) is 0. The van der Waals surface area contributed by atoms with Crippen molar-refractivity contribution in [1.29, 1.82) is 0 Å². The van der Waals surface area contributed by atoms with Crippen LogP contribution in [0.1, 0.15) is 17.5 Å². The molecule has 6 heteroatoms. The summed E-state index contributed by atoms with van der Waals surface area (Å²) in [5.41, 5.74) is 0. The van der Waals surface area contributed by atoms with Crippen LogP contribution in [0.3, 0.4) is 0 Å². The molecule has 0 aliphatic rings. The van der Waals surface area contributed by atoms with Gasteiger partial charge in [-0.05, 0) is 0 Å². The zero-order valence-electron chi connectivity index (χ0n) is 5.80. The highest BCUT2D eigenvalue weighted by Gasteiger charge is 1.99. The van der Waals surface area contributed by atoms with E-state index in [1.807, 2.05) is 0 Å². The minimum atomic E-state index is 0.409. The molecule has 0 saturated carbocycles. The van der Waals surface area contributed by atoms with Gasteiger partial charge >= 0.3 is 0 Å². The smallest absolute Gasteiger partial charge is 0.167 e. The van der Waals surface area contributed by atoms with Gasteiger partial charge < -0.3 is 0 Å². The molecule has 0 aromatic carbocycles. The van der Waals surface area contributed by atoms with Crippen LogP contribution in [0.2, 0.25) is 0 Å². The Labute approximate surface area is 85.3 Å². The Hall–Kier alpha value is -0.720. The second kappa shape index (κ2) is 4.34. The molecule has 0 unspecified atom stereocenters. The summed E-state index contributed by atoms with van der Waals surface area (Å²) in [5.74, 6) is 1.23. The van der Waals surface area contributed by atoms with Crippen LogP contribution in [-0.4, -0.2) is 31.1 Å². The lowest BCUT2D eigenvalue weighted by Crippen LogP contribution is -2.04. The molecule has 12 heavy (non-hydrogen) atoms. The van der Waals surface area contributed by atoms with Crippen molar-refractivity contribution in [1.82, 2.24) is 15.0 Å². The number of aromatic nitrogens is 3. The number of rotatable bonds is 3. The van der Waals surface area contributed by atoms with Crippen LogP contribution in [-0.2, 0) is 0 Å². The van der Waals surface area contributed by atoms with Crippen molar-refractivity contribution >= 4 is 52.8 Å². The molecule has 0 radical (unpaired) electrons. The monoisotopic (exact) mass is 213 g/mol. The first-order chi connectivity index (χ1) is 5.80. The summed E-state index contributed by atoms with van der Waals surface area (Å²) < 4.78 is 0. The van der Waals surface area contributed by atoms with Gasteiger partial charge in [0.25, 0.3) is 0 Å². The number of hydrogen-bond acceptors (Lipinski definition) is 6. The third-order valence-corrected chi connectivity index (χ3v) is 1.64. The molecule has 1 heterocycles. The topological polar surface area (TPSA) is 38.7 Å². The molecule has 0 spiro atoms. The summed E-state index contributed by atoms with van der Waals surface area (Å²) in [5, 5.41) is 4.06. The van der Waals surface area contributed by atoms with Gasteiger partial charge in [0.2, 0.25) is 0 Å². The van der Waals surface area contributed by atoms with Crippen molar-refractivity contribution < 1.29 is 0 Å². The van der Waals surface area contributed by atoms with E-state index in [9.17, 15) is 0 Å². The van der Waals surface area contributed by atoms with E-state index in [1.54, 1.807) is 0 Å². The van der Waals surface area contributed by atoms with Crippen molar-refractivity contribution in [2.45, 2.75) is 0 Å². The molecular formula is C6H3N3S3. The molecule has 0 saturated heterocycles. The Morgan fingerprint density at radius 1 is 0.667 bits per heavy atom. The highest BCUT2D eigenvalue weighted by Crippen LogP contribution is 1.91. The molecule has 0 aliphatic heterocycles. The number of thiocarbonyl (C=S) groups is 3. The van der Waals surface area contributed by atoms with Gasteiger partial charge in [-0.15, -0.1) is 0 Å². The maximum Gasteiger partial charge on any atom is 0.167 e. The second-order valence-corrected chi connectivity index (χ2v) is 2.47. The molecule has 1 aromatic rings. The summed E-state index contributed by atoms with van der Waals surface area (Å²) in [6.07, 6.45) is 0. The van der Waals surface area contributed by atoms with E-state index in [1.165, 1.54) is 16.1 Å². The van der Waals surface area contributed by atoms with Crippen molar-refractivity contribution in [2.75, 3.05) is 0 Å². The standard InChI is InChI=1S/C6H3N3S3/c10-1-4-7-5(2-11)9-6(3-12)8-4/h1-3H. The SMILES string of the molecule is S=Cc1nc(C=S)nc(C=S)n1. The lowest BCUT2D eigenvalue weighted by molar-refractivity contribution is 1.01. The van der Waals surface area contributed by atoms with Crippen molar-refractivity contribution in [3.05, 3.63) is 17.5 Å². The Kier molecular flexibility index (Phi) is 3.39. The van der Waals surface area contributed by atoms with Crippen LogP contribution in [0.5, 0.6) is 0 Å². The Balaban J connectivity index is 3.26. The summed E-state index contributed by atoms with van der Waals surface area (Å²) in [6, 6.07) is 0. The first kappa shape index (κ1) is 9.37. The van der Waals surface area contributed by atoms with Gasteiger partial charge in [-0.2, -0.15) is 0 Å². The molecule has 1 rings (SSSR count). The summed E-state index contributed by atoms with van der Waals surface area (Å²) in [7, 11) is 0. The molecule has 0 fully saturated rings. The van der Waals surface area contributed by atoms with Gasteiger partial charge in [0.15, 0.2) is 17.5 Å². The van der Waals surface area contributed by atoms with Crippen LogP contribution < -0.4 is 0 Å². The maximum absolute atomic E-state index is 4.66. The molecule has 60 valence electrons. The maximum atomic E-state index is 4.66. The van der Waals surface area contributed by atoms with Crippen LogP contribution in [0.15, 0.2) is 0 Å². The first-order valence-corrected chi connectivity index (χ1v) is 4.33. The van der Waals surface area contributed by atoms with Gasteiger partial charge in [0, 0.05) is 16.1 Å². The highest BCUT2D eigenvalue weighted by molar-refractivity contribution is 7.79. The fourth-order valence-corrected chi connectivity index (χ4v) is 0.901. The van der Waals surface area contributed by atoms with Gasteiger partial charge in [0.05, 0.1) is 0 Å². The van der Waals surface area contributed by atoms with Crippen LogP contribution in [0.25, 0.3) is 0 Å². The molecule has 0 amide bonds. The molecule has 0 atom stereocenters. The van der Waals surface area contributed by atoms with E-state index in [4.69, 9.17) is 0 Å². The number of nitrogens with zero attached hydrogens (tertiary/aromatic N) is 3. The minimum absolute atomic E-state index is 0.409. The van der Waals surface area contributed by atoms with Crippen molar-refractivity contribution in [3.63, 3.8) is 0 Å². The molecular weight excluding hydrogens is 210 g/mol. The summed E-state index contributed by atoms with van der Waals surface area (Å²) >= 11 is 14.0. The zero-order chi connectivity index (χ0) is 8.97. The van der Waals surface area contributed by atoms with Crippen LogP contribution in [0, 0.1) is 0 Å².